The van der Waals surface area contributed by atoms with Gasteiger partial charge in [0.1, 0.15) is 0 Å². The number of halogens is 2. The summed E-state index contributed by atoms with van der Waals surface area (Å²) < 4.78 is 0. The summed E-state index contributed by atoms with van der Waals surface area (Å²) in [6.07, 6.45) is 0. The molecule has 0 heterocycles. The van der Waals surface area contributed by atoms with Crippen LogP contribution in [0.3, 0.4) is 0 Å². The predicted molar refractivity (Wildman–Crippen MR) is 72.1 cm³/mol. The maximum absolute atomic E-state index is 2.28. The molecule has 2 aromatic rings. The van der Waals surface area contributed by atoms with E-state index >= 15 is 0 Å². The molecule has 3 heteroatoms. The van der Waals surface area contributed by atoms with Gasteiger partial charge in [-0.1, -0.05) is 0 Å². The molecule has 78 valence electrons. The van der Waals surface area contributed by atoms with Gasteiger partial charge in [-0.25, -0.2) is 12.1 Å². The van der Waals surface area contributed by atoms with Crippen molar-refractivity contribution in [3.8, 4) is 0 Å². The molecule has 0 spiro atoms. The van der Waals surface area contributed by atoms with Crippen molar-refractivity contribution in [2.24, 2.45) is 0 Å². The van der Waals surface area contributed by atoms with Gasteiger partial charge in [-0.05, 0) is 0 Å². The zero-order chi connectivity index (χ0) is 9.78. The van der Waals surface area contributed by atoms with Crippen molar-refractivity contribution < 1.29 is 8.46 Å². The van der Waals surface area contributed by atoms with E-state index in [9.17, 15) is 0 Å². The van der Waals surface area contributed by atoms with Gasteiger partial charge in [0, 0.05) is 0 Å². The second-order valence-electron chi connectivity index (χ2n) is 1.98. The van der Waals surface area contributed by atoms with E-state index in [4.69, 9.17) is 0 Å². The second kappa shape index (κ2) is 12.7. The van der Waals surface area contributed by atoms with Crippen LogP contribution in [-0.4, -0.2) is 0 Å². The molecule has 2 aromatic carbocycles. The van der Waals surface area contributed by atoms with E-state index in [1.54, 1.807) is 0 Å². The van der Waals surface area contributed by atoms with Crippen molar-refractivity contribution in [1.29, 1.82) is 0 Å². The molecule has 0 nitrogen and oxygen atoms in total. The van der Waals surface area contributed by atoms with Crippen LogP contribution in [0.4, 0.5) is 0 Å². The van der Waals surface area contributed by atoms with Crippen molar-refractivity contribution in [3.05, 3.63) is 60.7 Å². The quantitative estimate of drug-likeness (QED) is 0.320. The van der Waals surface area contributed by atoms with E-state index in [0.29, 0.717) is 0 Å². The monoisotopic (exact) mass is 440 g/mol. The molecular weight excluding hydrogens is 430 g/mol. The largest absolute Gasteiger partial charge is 0.748 e. The van der Waals surface area contributed by atoms with E-state index in [2.05, 4.69) is 40.7 Å². The van der Waals surface area contributed by atoms with Crippen LogP contribution < -0.4 is 0 Å². The van der Waals surface area contributed by atoms with Gasteiger partial charge in [0.05, 0.1) is 0 Å². The van der Waals surface area contributed by atoms with Crippen LogP contribution in [0.1, 0.15) is 0 Å². The number of hydrogen-bond acceptors (Lipinski definition) is 0. The Bertz CT molecular complexity index is 165. The van der Waals surface area contributed by atoms with Crippen LogP contribution in [0.5, 0.6) is 0 Å². The summed E-state index contributed by atoms with van der Waals surface area (Å²) >= 11 is 4.55. The summed E-state index contributed by atoms with van der Waals surface area (Å²) in [5.41, 5.74) is 0. The Morgan fingerprint density at radius 1 is 0.769 bits per heavy atom. The van der Waals surface area contributed by atoms with Crippen LogP contribution in [0.25, 0.3) is 0 Å². The molecule has 0 saturated heterocycles. The van der Waals surface area contributed by atoms with Crippen molar-refractivity contribution in [2.75, 3.05) is 0 Å². The Morgan fingerprint density at radius 3 is 1.23 bits per heavy atom. The standard InChI is InChI=1S/2C5H5.Fe.2HI/c2*1-2-4-5-3-1;;;/h2*1-5H;;2*1H/q-5;-1;+2;;/p-2. The molecule has 0 unspecified atom stereocenters. The van der Waals surface area contributed by atoms with E-state index < -0.39 is 0 Å². The fourth-order valence-corrected chi connectivity index (χ4v) is 0.642. The molecule has 0 atom stereocenters. The molecule has 0 N–H and O–H groups in total. The van der Waals surface area contributed by atoms with E-state index in [-0.39, 0.29) is 0 Å². The Labute approximate surface area is 108 Å². The SMILES string of the molecule is [I][Fe][I].[cH-]1[cH-][cH-][cH-][cH-]1.c1cc[cH-]c1. The summed E-state index contributed by atoms with van der Waals surface area (Å²) in [5.74, 6) is 0. The second-order valence-corrected chi connectivity index (χ2v) is 11.3. The molecular formula is C10H10FeI2-6. The van der Waals surface area contributed by atoms with Gasteiger partial charge in [0.25, 0.3) is 0 Å². The third-order valence-electron chi connectivity index (χ3n) is 1.11. The molecule has 0 saturated carbocycles. The van der Waals surface area contributed by atoms with Gasteiger partial charge in [-0.15, -0.1) is 0 Å². The molecule has 0 aliphatic carbocycles. The Kier molecular flexibility index (Phi) is 13.3. The molecule has 0 bridgehead atoms. The van der Waals surface area contributed by atoms with E-state index in [0.717, 1.165) is 0 Å². The minimum absolute atomic E-state index is 1.19. The van der Waals surface area contributed by atoms with Crippen LogP contribution in [0, 0.1) is 0 Å². The summed E-state index contributed by atoms with van der Waals surface area (Å²) in [4.78, 5) is 0. The summed E-state index contributed by atoms with van der Waals surface area (Å²) in [5, 5.41) is 0. The van der Waals surface area contributed by atoms with Gasteiger partial charge in [0.15, 0.2) is 0 Å². The molecule has 0 aliphatic rings. The molecule has 0 fully saturated rings. The fourth-order valence-electron chi connectivity index (χ4n) is 0.642. The van der Waals surface area contributed by atoms with Crippen LogP contribution in [0.15, 0.2) is 60.7 Å². The molecule has 2 rings (SSSR count). The molecule has 0 aromatic heterocycles. The van der Waals surface area contributed by atoms with Gasteiger partial charge in [-0.2, -0.15) is 18.2 Å². The van der Waals surface area contributed by atoms with Crippen LogP contribution in [0.2, 0.25) is 0 Å². The minimum atomic E-state index is 1.19. The first kappa shape index (κ1) is 13.7. The Balaban J connectivity index is 0.000000174. The number of hydrogen-bond donors (Lipinski definition) is 0. The van der Waals surface area contributed by atoms with Crippen LogP contribution >= 0.6 is 40.7 Å². The first-order valence-electron chi connectivity index (χ1n) is 3.60. The summed E-state index contributed by atoms with van der Waals surface area (Å²) in [6, 6.07) is 20.0. The van der Waals surface area contributed by atoms with E-state index in [1.807, 2.05) is 60.7 Å². The van der Waals surface area contributed by atoms with Gasteiger partial charge in [0.2, 0.25) is 0 Å². The zero-order valence-corrected chi connectivity index (χ0v) is 12.3. The normalized spacial score (nSPS) is 7.85. The number of rotatable bonds is 0. The molecule has 0 radical (unpaired) electrons. The minimum Gasteiger partial charge on any atom is -0.748 e. The van der Waals surface area contributed by atoms with Gasteiger partial charge in [-0.3, -0.25) is 0 Å². The average molecular weight is 440 g/mol. The Morgan fingerprint density at radius 2 is 1.08 bits per heavy atom. The Hall–Kier alpha value is 0.679. The average Bonchev–Trinajstić information content (AvgIpc) is 2.85. The summed E-state index contributed by atoms with van der Waals surface area (Å²) in [7, 11) is 1.19. The summed E-state index contributed by atoms with van der Waals surface area (Å²) in [6.45, 7) is 0. The van der Waals surface area contributed by atoms with Gasteiger partial charge >= 0.3 is 49.1 Å². The molecule has 0 aliphatic heterocycles. The fraction of sp³-hybridized carbons (Fsp3) is 0. The van der Waals surface area contributed by atoms with Crippen molar-refractivity contribution in [2.45, 2.75) is 0 Å². The van der Waals surface area contributed by atoms with E-state index in [1.165, 1.54) is 8.46 Å². The predicted octanol–water partition coefficient (Wildman–Crippen LogP) is 4.58. The third-order valence-corrected chi connectivity index (χ3v) is 1.11. The van der Waals surface area contributed by atoms with Crippen molar-refractivity contribution >= 4 is 40.7 Å². The topological polar surface area (TPSA) is 0 Å². The van der Waals surface area contributed by atoms with Gasteiger partial charge < -0.3 is 30.3 Å². The maximum Gasteiger partial charge on any atom is -0.172 e. The molecule has 13 heavy (non-hydrogen) atoms. The first-order chi connectivity index (χ1) is 6.41. The molecule has 0 amide bonds. The third kappa shape index (κ3) is 12.7. The van der Waals surface area contributed by atoms with Crippen LogP contribution in [-0.2, 0) is 8.46 Å². The van der Waals surface area contributed by atoms with Crippen molar-refractivity contribution in [1.82, 2.24) is 0 Å². The maximum atomic E-state index is 2.28. The zero-order valence-electron chi connectivity index (χ0n) is 6.88. The smallest absolute Gasteiger partial charge is 0.172 e. The van der Waals surface area contributed by atoms with Crippen molar-refractivity contribution in [3.63, 3.8) is 0 Å². The first-order valence-corrected chi connectivity index (χ1v) is 10.7.